The van der Waals surface area contributed by atoms with Crippen molar-refractivity contribution in [1.82, 2.24) is 19.1 Å². The Morgan fingerprint density at radius 3 is 1.23 bits per heavy atom. The van der Waals surface area contributed by atoms with Gasteiger partial charge in [0.1, 0.15) is 0 Å². The van der Waals surface area contributed by atoms with Gasteiger partial charge < -0.3 is 9.13 Å². The Labute approximate surface area is 357 Å². The molecule has 0 N–H and O–H groups in total. The van der Waals surface area contributed by atoms with E-state index in [1.165, 1.54) is 54.6 Å². The lowest BCUT2D eigenvalue weighted by Crippen LogP contribution is -2.05. The zero-order valence-corrected chi connectivity index (χ0v) is 33.6. The quantitative estimate of drug-likeness (QED) is 0.163. The molecule has 0 bridgehead atoms. The van der Waals surface area contributed by atoms with Crippen molar-refractivity contribution in [2.24, 2.45) is 0 Å². The molecular formula is C58H36N4. The Bertz CT molecular complexity index is 3710. The summed E-state index contributed by atoms with van der Waals surface area (Å²) in [6, 6.07) is 76.5. The number of fused-ring (bicyclic) bond motifs is 12. The maximum absolute atomic E-state index is 5.70. The fourth-order valence-corrected chi connectivity index (χ4v) is 9.99. The lowest BCUT2D eigenvalue weighted by atomic mass is 9.99. The number of para-hydroxylation sites is 2. The Balaban J connectivity index is 1.16. The van der Waals surface area contributed by atoms with Gasteiger partial charge in [-0.05, 0) is 81.6 Å². The highest BCUT2D eigenvalue weighted by Gasteiger charge is 2.24. The fourth-order valence-electron chi connectivity index (χ4n) is 9.99. The first-order valence-corrected chi connectivity index (χ1v) is 21.2. The first kappa shape index (κ1) is 34.5. The molecule has 10 aromatic carbocycles. The van der Waals surface area contributed by atoms with E-state index in [0.717, 1.165) is 66.5 Å². The number of benzene rings is 10. The summed E-state index contributed by atoms with van der Waals surface area (Å²) in [4.78, 5) is 11.0. The van der Waals surface area contributed by atoms with E-state index in [1.807, 2.05) is 6.20 Å². The van der Waals surface area contributed by atoms with E-state index in [9.17, 15) is 0 Å². The van der Waals surface area contributed by atoms with Gasteiger partial charge >= 0.3 is 0 Å². The normalized spacial score (nSPS) is 11.9. The molecule has 0 aliphatic heterocycles. The first-order valence-electron chi connectivity index (χ1n) is 21.2. The fraction of sp³-hybridized carbons (Fsp3) is 0. The third-order valence-corrected chi connectivity index (χ3v) is 12.7. The lowest BCUT2D eigenvalue weighted by Gasteiger charge is -2.20. The molecule has 4 heteroatoms. The molecule has 4 nitrogen and oxygen atoms in total. The van der Waals surface area contributed by atoms with Crippen molar-refractivity contribution in [2.45, 2.75) is 0 Å². The summed E-state index contributed by atoms with van der Waals surface area (Å²) >= 11 is 0. The number of hydrogen-bond donors (Lipinski definition) is 0. The molecule has 3 aromatic heterocycles. The van der Waals surface area contributed by atoms with Crippen LogP contribution < -0.4 is 0 Å². The van der Waals surface area contributed by atoms with Crippen LogP contribution in [-0.2, 0) is 0 Å². The molecule has 0 aliphatic rings. The minimum Gasteiger partial charge on any atom is -0.308 e. The van der Waals surface area contributed by atoms with E-state index in [2.05, 4.69) is 221 Å². The second-order valence-corrected chi connectivity index (χ2v) is 16.1. The van der Waals surface area contributed by atoms with Crippen LogP contribution in [0, 0.1) is 0 Å². The molecule has 0 spiro atoms. The van der Waals surface area contributed by atoms with Crippen molar-refractivity contribution in [3.63, 3.8) is 0 Å². The molecule has 0 amide bonds. The van der Waals surface area contributed by atoms with Crippen molar-refractivity contribution >= 4 is 76.2 Å². The highest BCUT2D eigenvalue weighted by Crippen LogP contribution is 2.44. The minimum atomic E-state index is 0.808. The molecule has 0 radical (unpaired) electrons. The molecular weight excluding hydrogens is 753 g/mol. The van der Waals surface area contributed by atoms with Gasteiger partial charge in [0.2, 0.25) is 0 Å². The average Bonchev–Trinajstić information content (AvgIpc) is 3.86. The van der Waals surface area contributed by atoms with Crippen LogP contribution in [0.25, 0.3) is 121 Å². The van der Waals surface area contributed by atoms with Crippen molar-refractivity contribution in [3.8, 4) is 44.9 Å². The smallest absolute Gasteiger partial charge is 0.0979 e. The molecule has 288 valence electrons. The van der Waals surface area contributed by atoms with E-state index in [0.29, 0.717) is 0 Å². The van der Waals surface area contributed by atoms with Crippen LogP contribution in [0.5, 0.6) is 0 Å². The summed E-state index contributed by atoms with van der Waals surface area (Å²) in [5.41, 5.74) is 15.0. The molecule has 3 heterocycles. The van der Waals surface area contributed by atoms with E-state index in [-0.39, 0.29) is 0 Å². The predicted octanol–water partition coefficient (Wildman–Crippen LogP) is 15.1. The first-order chi connectivity index (χ1) is 30.8. The summed E-state index contributed by atoms with van der Waals surface area (Å²) in [5.74, 6) is 0. The van der Waals surface area contributed by atoms with E-state index < -0.39 is 0 Å². The van der Waals surface area contributed by atoms with Crippen LogP contribution >= 0.6 is 0 Å². The summed E-state index contributed by atoms with van der Waals surface area (Å²) in [6.07, 6.45) is 1.99. The molecule has 62 heavy (non-hydrogen) atoms. The van der Waals surface area contributed by atoms with Gasteiger partial charge in [0.15, 0.2) is 0 Å². The number of nitrogens with zero attached hydrogens (tertiary/aromatic N) is 4. The average molecular weight is 789 g/mol. The van der Waals surface area contributed by atoms with Crippen LogP contribution in [0.1, 0.15) is 0 Å². The molecule has 13 aromatic rings. The highest BCUT2D eigenvalue weighted by molar-refractivity contribution is 6.23. The molecule has 0 unspecified atom stereocenters. The minimum absolute atomic E-state index is 0.808. The molecule has 13 rings (SSSR count). The van der Waals surface area contributed by atoms with Gasteiger partial charge in [-0.25, -0.2) is 4.98 Å². The van der Waals surface area contributed by atoms with Gasteiger partial charge in [-0.15, -0.1) is 0 Å². The Hall–Kier alpha value is -8.34. The molecule has 0 fully saturated rings. The lowest BCUT2D eigenvalue weighted by molar-refractivity contribution is 1.13. The topological polar surface area (TPSA) is 35.6 Å². The Morgan fingerprint density at radius 1 is 0.290 bits per heavy atom. The zero-order chi connectivity index (χ0) is 40.7. The van der Waals surface area contributed by atoms with E-state index >= 15 is 0 Å². The second kappa shape index (κ2) is 13.6. The van der Waals surface area contributed by atoms with Gasteiger partial charge in [-0.3, -0.25) is 4.98 Å². The van der Waals surface area contributed by atoms with Crippen LogP contribution in [0.2, 0.25) is 0 Å². The number of hydrogen-bond acceptors (Lipinski definition) is 2. The van der Waals surface area contributed by atoms with E-state index in [1.54, 1.807) is 0 Å². The van der Waals surface area contributed by atoms with Gasteiger partial charge in [-0.1, -0.05) is 164 Å². The Morgan fingerprint density at radius 2 is 0.710 bits per heavy atom. The van der Waals surface area contributed by atoms with Gasteiger partial charge in [0.05, 0.1) is 56.4 Å². The van der Waals surface area contributed by atoms with Crippen LogP contribution in [0.3, 0.4) is 0 Å². The third-order valence-electron chi connectivity index (χ3n) is 12.7. The van der Waals surface area contributed by atoms with Crippen molar-refractivity contribution in [3.05, 3.63) is 219 Å². The van der Waals surface area contributed by atoms with Gasteiger partial charge in [0.25, 0.3) is 0 Å². The van der Waals surface area contributed by atoms with Gasteiger partial charge in [0, 0.05) is 37.9 Å². The Kier molecular flexibility index (Phi) is 7.57. The summed E-state index contributed by atoms with van der Waals surface area (Å²) in [6.45, 7) is 0. The van der Waals surface area contributed by atoms with Crippen LogP contribution in [-0.4, -0.2) is 19.1 Å². The molecule has 0 aliphatic carbocycles. The van der Waals surface area contributed by atoms with Crippen molar-refractivity contribution in [2.75, 3.05) is 0 Å². The SMILES string of the molecule is c1ccc(-c2ccc3c(c2)c2ccccc2n3-c2cccc(-n3c4ccccc4c4cc(-c5ccccc5)ccc43)c2-c2cnc3c4ccccc4c4ccccc4c3n2)cc1. The van der Waals surface area contributed by atoms with Crippen LogP contribution in [0.4, 0.5) is 0 Å². The highest BCUT2D eigenvalue weighted by atomic mass is 15.0. The van der Waals surface area contributed by atoms with Crippen LogP contribution in [0.15, 0.2) is 219 Å². The monoisotopic (exact) mass is 788 g/mol. The maximum atomic E-state index is 5.70. The molecule has 0 saturated heterocycles. The summed E-state index contributed by atoms with van der Waals surface area (Å²) in [5, 5.41) is 9.33. The third kappa shape index (κ3) is 5.14. The largest absolute Gasteiger partial charge is 0.308 e. The number of aromatic nitrogens is 4. The van der Waals surface area contributed by atoms with E-state index in [4.69, 9.17) is 9.97 Å². The van der Waals surface area contributed by atoms with Gasteiger partial charge in [-0.2, -0.15) is 0 Å². The summed E-state index contributed by atoms with van der Waals surface area (Å²) < 4.78 is 4.87. The predicted molar refractivity (Wildman–Crippen MR) is 260 cm³/mol. The second-order valence-electron chi connectivity index (χ2n) is 16.1. The standard InChI is InChI=1S/C58H36N4/c1-3-16-37(17-4-1)39-30-32-52-47(34-39)43-22-11-13-26-50(43)61(52)54-28-15-29-55(62-51-27-14-12-23-44(51)48-35-40(31-33-53(48)62)38-18-5-2-6-19-38)56(54)49-36-59-57-45-24-9-7-20-41(45)42-21-8-10-25-46(42)58(57)60-49/h1-36H. The zero-order valence-electron chi connectivity index (χ0n) is 33.6. The number of rotatable bonds is 5. The van der Waals surface area contributed by atoms with Crippen molar-refractivity contribution in [1.29, 1.82) is 0 Å². The maximum Gasteiger partial charge on any atom is 0.0979 e. The molecule has 0 atom stereocenters. The van der Waals surface area contributed by atoms with Crippen molar-refractivity contribution < 1.29 is 0 Å². The summed E-state index contributed by atoms with van der Waals surface area (Å²) in [7, 11) is 0. The molecule has 0 saturated carbocycles.